The van der Waals surface area contributed by atoms with Crippen LogP contribution in [-0.2, 0) is 21.4 Å². The number of sulfonamides is 1. The number of nitrogens with two attached hydrogens (primary N) is 1. The molecule has 0 aliphatic carbocycles. The average molecular weight is 418 g/mol. The van der Waals surface area contributed by atoms with E-state index in [1.807, 2.05) is 0 Å². The quantitative estimate of drug-likeness (QED) is 0.754. The van der Waals surface area contributed by atoms with Gasteiger partial charge in [-0.2, -0.15) is 0 Å². The molecule has 9 heteroatoms. The molecule has 0 saturated heterocycles. The van der Waals surface area contributed by atoms with Gasteiger partial charge < -0.3 is 9.47 Å². The van der Waals surface area contributed by atoms with Gasteiger partial charge >= 0.3 is 5.97 Å². The van der Waals surface area contributed by atoms with E-state index in [-0.39, 0.29) is 22.8 Å². The molecule has 0 radical (unpaired) electrons. The summed E-state index contributed by atoms with van der Waals surface area (Å²) in [5.41, 5.74) is 0.413. The zero-order valence-corrected chi connectivity index (χ0v) is 14.9. The highest BCUT2D eigenvalue weighted by molar-refractivity contribution is 9.10. The summed E-state index contributed by atoms with van der Waals surface area (Å²) >= 11 is 3.14. The molecule has 2 aromatic rings. The predicted octanol–water partition coefficient (Wildman–Crippen LogP) is 2.60. The van der Waals surface area contributed by atoms with Gasteiger partial charge in [-0.05, 0) is 51.8 Å². The van der Waals surface area contributed by atoms with Gasteiger partial charge in [-0.15, -0.1) is 0 Å². The molecular formula is C15H13BrFNO5S. The fraction of sp³-hybridized carbons (Fsp3) is 0.133. The number of primary sulfonamides is 1. The number of rotatable bonds is 5. The molecule has 0 aromatic heterocycles. The van der Waals surface area contributed by atoms with Crippen LogP contribution in [-0.4, -0.2) is 21.5 Å². The Bertz CT molecular complexity index is 885. The lowest BCUT2D eigenvalue weighted by Gasteiger charge is -2.09. The van der Waals surface area contributed by atoms with Gasteiger partial charge in [0.15, 0.2) is 11.6 Å². The number of hydrogen-bond donors (Lipinski definition) is 1. The Balaban J connectivity index is 2.17. The van der Waals surface area contributed by atoms with E-state index in [2.05, 4.69) is 15.9 Å². The standard InChI is InChI=1S/C15H13BrFNO5S/c1-22-14-5-2-9(6-13(14)17)8-23-15(19)11-7-10(24(18,20)21)3-4-12(11)16/h2-7H,8H2,1H3,(H2,18,20,21). The van der Waals surface area contributed by atoms with E-state index >= 15 is 0 Å². The molecule has 0 aliphatic heterocycles. The number of ether oxygens (including phenoxy) is 2. The molecule has 128 valence electrons. The third-order valence-corrected chi connectivity index (χ3v) is 4.67. The molecule has 0 saturated carbocycles. The van der Waals surface area contributed by atoms with Crippen LogP contribution in [0.15, 0.2) is 45.8 Å². The van der Waals surface area contributed by atoms with Gasteiger partial charge in [-0.1, -0.05) is 6.07 Å². The van der Waals surface area contributed by atoms with E-state index in [0.29, 0.717) is 10.0 Å². The molecule has 24 heavy (non-hydrogen) atoms. The van der Waals surface area contributed by atoms with E-state index in [0.717, 1.165) is 6.07 Å². The van der Waals surface area contributed by atoms with Crippen molar-refractivity contribution in [3.05, 3.63) is 57.8 Å². The summed E-state index contributed by atoms with van der Waals surface area (Å²) in [7, 11) is -2.61. The molecule has 2 N–H and O–H groups in total. The molecule has 2 rings (SSSR count). The number of benzene rings is 2. The molecule has 6 nitrogen and oxygen atoms in total. The van der Waals surface area contributed by atoms with Gasteiger partial charge in [0.1, 0.15) is 6.61 Å². The first-order chi connectivity index (χ1) is 11.2. The van der Waals surface area contributed by atoms with Crippen molar-refractivity contribution < 1.29 is 27.1 Å². The van der Waals surface area contributed by atoms with E-state index in [1.54, 1.807) is 6.07 Å². The minimum Gasteiger partial charge on any atom is -0.494 e. The van der Waals surface area contributed by atoms with Crippen LogP contribution in [0.2, 0.25) is 0 Å². The summed E-state index contributed by atoms with van der Waals surface area (Å²) in [4.78, 5) is 11.9. The van der Waals surface area contributed by atoms with Crippen LogP contribution >= 0.6 is 15.9 Å². The Morgan fingerprint density at radius 1 is 1.25 bits per heavy atom. The SMILES string of the molecule is COc1ccc(COC(=O)c2cc(S(N)(=O)=O)ccc2Br)cc1F. The fourth-order valence-electron chi connectivity index (χ4n) is 1.86. The highest BCUT2D eigenvalue weighted by atomic mass is 79.9. The van der Waals surface area contributed by atoms with E-state index in [4.69, 9.17) is 14.6 Å². The van der Waals surface area contributed by atoms with Crippen molar-refractivity contribution in [2.75, 3.05) is 7.11 Å². The Hall–Kier alpha value is -1.97. The normalized spacial score (nSPS) is 11.2. The minimum absolute atomic E-state index is 0.00416. The second-order valence-electron chi connectivity index (χ2n) is 4.73. The van der Waals surface area contributed by atoms with Crippen LogP contribution in [0, 0.1) is 5.82 Å². The molecule has 0 amide bonds. The van der Waals surface area contributed by atoms with E-state index < -0.39 is 21.8 Å². The molecule has 0 heterocycles. The first kappa shape index (κ1) is 18.4. The molecule has 0 bridgehead atoms. The molecule has 0 unspecified atom stereocenters. The van der Waals surface area contributed by atoms with Gasteiger partial charge in [0.25, 0.3) is 0 Å². The fourth-order valence-corrected chi connectivity index (χ4v) is 2.81. The van der Waals surface area contributed by atoms with Crippen LogP contribution in [0.1, 0.15) is 15.9 Å². The zero-order valence-electron chi connectivity index (χ0n) is 12.5. The number of carbonyl (C=O) groups excluding carboxylic acids is 1. The smallest absolute Gasteiger partial charge is 0.339 e. The second-order valence-corrected chi connectivity index (χ2v) is 7.15. The molecule has 0 fully saturated rings. The number of methoxy groups -OCH3 is 1. The summed E-state index contributed by atoms with van der Waals surface area (Å²) in [6, 6.07) is 7.89. The van der Waals surface area contributed by atoms with Crippen LogP contribution < -0.4 is 9.88 Å². The maximum Gasteiger partial charge on any atom is 0.339 e. The molecule has 0 atom stereocenters. The highest BCUT2D eigenvalue weighted by Crippen LogP contribution is 2.22. The Labute approximate surface area is 146 Å². The second kappa shape index (κ2) is 7.29. The molecule has 0 aliphatic rings. The molecule has 0 spiro atoms. The number of esters is 1. The Kier molecular flexibility index (Phi) is 5.58. The summed E-state index contributed by atoms with van der Waals surface area (Å²) < 4.78 is 46.5. The van der Waals surface area contributed by atoms with Crippen molar-refractivity contribution in [3.63, 3.8) is 0 Å². The number of carbonyl (C=O) groups is 1. The van der Waals surface area contributed by atoms with E-state index in [1.165, 1.54) is 31.4 Å². The summed E-state index contributed by atoms with van der Waals surface area (Å²) in [6.07, 6.45) is 0. The van der Waals surface area contributed by atoms with Gasteiger partial charge in [-0.25, -0.2) is 22.7 Å². The van der Waals surface area contributed by atoms with Crippen LogP contribution in [0.3, 0.4) is 0 Å². The van der Waals surface area contributed by atoms with Crippen LogP contribution in [0.4, 0.5) is 4.39 Å². The van der Waals surface area contributed by atoms with Crippen molar-refractivity contribution in [1.82, 2.24) is 0 Å². The monoisotopic (exact) mass is 417 g/mol. The van der Waals surface area contributed by atoms with Gasteiger partial charge in [0.05, 0.1) is 17.6 Å². The molecule has 2 aromatic carbocycles. The summed E-state index contributed by atoms with van der Waals surface area (Å²) in [5.74, 6) is -1.28. The van der Waals surface area contributed by atoms with Crippen molar-refractivity contribution >= 4 is 31.9 Å². The topological polar surface area (TPSA) is 95.7 Å². The van der Waals surface area contributed by atoms with E-state index in [9.17, 15) is 17.6 Å². The first-order valence-corrected chi connectivity index (χ1v) is 8.88. The summed E-state index contributed by atoms with van der Waals surface area (Å²) in [5, 5.41) is 5.04. The maximum absolute atomic E-state index is 13.6. The van der Waals surface area contributed by atoms with Gasteiger partial charge in [0, 0.05) is 4.47 Å². The highest BCUT2D eigenvalue weighted by Gasteiger charge is 2.17. The predicted molar refractivity (Wildman–Crippen MR) is 87.6 cm³/mol. The lowest BCUT2D eigenvalue weighted by molar-refractivity contribution is 0.0471. The van der Waals surface area contributed by atoms with Crippen molar-refractivity contribution in [2.45, 2.75) is 11.5 Å². The maximum atomic E-state index is 13.6. The third kappa shape index (κ3) is 4.31. The summed E-state index contributed by atoms with van der Waals surface area (Å²) in [6.45, 7) is -0.189. The van der Waals surface area contributed by atoms with Gasteiger partial charge in [-0.3, -0.25) is 0 Å². The van der Waals surface area contributed by atoms with Crippen molar-refractivity contribution in [2.24, 2.45) is 5.14 Å². The molecular weight excluding hydrogens is 405 g/mol. The minimum atomic E-state index is -3.95. The number of hydrogen-bond acceptors (Lipinski definition) is 5. The van der Waals surface area contributed by atoms with Crippen LogP contribution in [0.25, 0.3) is 0 Å². The lowest BCUT2D eigenvalue weighted by atomic mass is 10.2. The number of halogens is 2. The zero-order chi connectivity index (χ0) is 17.9. The third-order valence-electron chi connectivity index (χ3n) is 3.07. The average Bonchev–Trinajstić information content (AvgIpc) is 2.52. The largest absolute Gasteiger partial charge is 0.494 e. The Morgan fingerprint density at radius 3 is 2.54 bits per heavy atom. The lowest BCUT2D eigenvalue weighted by Crippen LogP contribution is -2.14. The van der Waals surface area contributed by atoms with Crippen molar-refractivity contribution in [1.29, 1.82) is 0 Å². The first-order valence-electron chi connectivity index (χ1n) is 6.54. The van der Waals surface area contributed by atoms with Crippen molar-refractivity contribution in [3.8, 4) is 5.75 Å². The van der Waals surface area contributed by atoms with Gasteiger partial charge in [0.2, 0.25) is 10.0 Å². The Morgan fingerprint density at radius 2 is 1.96 bits per heavy atom. The van der Waals surface area contributed by atoms with Crippen LogP contribution in [0.5, 0.6) is 5.75 Å².